The summed E-state index contributed by atoms with van der Waals surface area (Å²) in [6.45, 7) is 6.06. The molecule has 0 saturated carbocycles. The van der Waals surface area contributed by atoms with Gasteiger partial charge in [0.15, 0.2) is 0 Å². The molecule has 1 aliphatic heterocycles. The average molecular weight is 270 g/mol. The minimum absolute atomic E-state index is 0.0509. The predicted molar refractivity (Wildman–Crippen MR) is 73.4 cm³/mol. The van der Waals surface area contributed by atoms with E-state index in [4.69, 9.17) is 10.00 Å². The lowest BCUT2D eigenvalue weighted by molar-refractivity contribution is 0.0515. The Morgan fingerprint density at radius 2 is 2.11 bits per heavy atom. The van der Waals surface area contributed by atoms with Gasteiger partial charge in [0.1, 0.15) is 5.60 Å². The van der Waals surface area contributed by atoms with Crippen molar-refractivity contribution < 1.29 is 9.53 Å². The lowest BCUT2D eigenvalue weighted by atomic mass is 9.89. The zero-order valence-corrected chi connectivity index (χ0v) is 12.2. The van der Waals surface area contributed by atoms with Crippen LogP contribution in [0.15, 0.2) is 0 Å². The third kappa shape index (κ3) is 5.63. The maximum atomic E-state index is 11.6. The largest absolute Gasteiger partial charge is 0.444 e. The van der Waals surface area contributed by atoms with Gasteiger partial charge in [0.05, 0.1) is 12.0 Å². The van der Waals surface area contributed by atoms with E-state index in [1.54, 1.807) is 0 Å². The zero-order valence-electron chi connectivity index (χ0n) is 11.4. The summed E-state index contributed by atoms with van der Waals surface area (Å²) in [4.78, 5) is 11.6. The molecule has 0 aromatic carbocycles. The zero-order chi connectivity index (χ0) is 13.6. The summed E-state index contributed by atoms with van der Waals surface area (Å²) >= 11 is 1.89. The number of ether oxygens (including phenoxy) is 1. The van der Waals surface area contributed by atoms with E-state index < -0.39 is 11.7 Å². The number of nitrogens with zero attached hydrogens (tertiary/aromatic N) is 1. The van der Waals surface area contributed by atoms with Gasteiger partial charge >= 0.3 is 6.09 Å². The highest BCUT2D eigenvalue weighted by Gasteiger charge is 2.25. The second-order valence-corrected chi connectivity index (χ2v) is 6.79. The maximum absolute atomic E-state index is 11.6. The van der Waals surface area contributed by atoms with Gasteiger partial charge in [0.2, 0.25) is 0 Å². The standard InChI is InChI=1S/C13H22N2O2S/c1-13(2,3)17-12(16)15-9-11-5-7-18-6-4-10(11)8-14/h10-11H,4-7,9H2,1-3H3,(H,15,16)/t10-,11+/m1/s1. The smallest absolute Gasteiger partial charge is 0.407 e. The Morgan fingerprint density at radius 3 is 2.72 bits per heavy atom. The van der Waals surface area contributed by atoms with E-state index in [0.29, 0.717) is 6.54 Å². The van der Waals surface area contributed by atoms with Crippen molar-refractivity contribution in [2.75, 3.05) is 18.1 Å². The monoisotopic (exact) mass is 270 g/mol. The number of amides is 1. The Labute approximate surface area is 113 Å². The van der Waals surface area contributed by atoms with Crippen LogP contribution >= 0.6 is 11.8 Å². The van der Waals surface area contributed by atoms with E-state index in [9.17, 15) is 4.79 Å². The molecule has 1 rings (SSSR count). The van der Waals surface area contributed by atoms with Gasteiger partial charge in [-0.15, -0.1) is 0 Å². The first-order valence-electron chi connectivity index (χ1n) is 6.36. The summed E-state index contributed by atoms with van der Waals surface area (Å²) in [5.41, 5.74) is -0.474. The van der Waals surface area contributed by atoms with Crippen molar-refractivity contribution in [3.8, 4) is 6.07 Å². The highest BCUT2D eigenvalue weighted by Crippen LogP contribution is 2.27. The van der Waals surface area contributed by atoms with Gasteiger partial charge in [-0.2, -0.15) is 17.0 Å². The molecule has 0 radical (unpaired) electrons. The van der Waals surface area contributed by atoms with E-state index in [-0.39, 0.29) is 11.8 Å². The second kappa shape index (κ2) is 6.89. The molecule has 5 heteroatoms. The number of rotatable bonds is 2. The molecule has 1 N–H and O–H groups in total. The third-order valence-corrected chi connectivity index (χ3v) is 3.90. The highest BCUT2D eigenvalue weighted by atomic mass is 32.2. The van der Waals surface area contributed by atoms with Crippen LogP contribution in [0.2, 0.25) is 0 Å². The molecule has 1 saturated heterocycles. The van der Waals surface area contributed by atoms with Crippen LogP contribution in [0.4, 0.5) is 4.79 Å². The molecule has 0 spiro atoms. The Hall–Kier alpha value is -0.890. The first-order chi connectivity index (χ1) is 8.42. The van der Waals surface area contributed by atoms with E-state index >= 15 is 0 Å². The Bertz CT molecular complexity index is 320. The summed E-state index contributed by atoms with van der Waals surface area (Å²) in [6.07, 6.45) is 1.51. The first kappa shape index (κ1) is 15.2. The highest BCUT2D eigenvalue weighted by molar-refractivity contribution is 7.99. The van der Waals surface area contributed by atoms with Crippen LogP contribution in [0.3, 0.4) is 0 Å². The molecule has 1 heterocycles. The number of hydrogen-bond acceptors (Lipinski definition) is 4. The predicted octanol–water partition coefficient (Wildman–Crippen LogP) is 2.79. The van der Waals surface area contributed by atoms with Gasteiger partial charge in [0.25, 0.3) is 0 Å². The van der Waals surface area contributed by atoms with Crippen molar-refractivity contribution in [1.82, 2.24) is 5.32 Å². The van der Waals surface area contributed by atoms with Gasteiger partial charge in [-0.25, -0.2) is 4.79 Å². The number of nitriles is 1. The van der Waals surface area contributed by atoms with Gasteiger partial charge in [-0.05, 0) is 51.0 Å². The van der Waals surface area contributed by atoms with Crippen molar-refractivity contribution >= 4 is 17.9 Å². The fraction of sp³-hybridized carbons (Fsp3) is 0.846. The molecule has 0 aromatic rings. The lowest BCUT2D eigenvalue weighted by Crippen LogP contribution is -2.36. The van der Waals surface area contributed by atoms with Crippen LogP contribution < -0.4 is 5.32 Å². The number of carbonyl (C=O) groups is 1. The van der Waals surface area contributed by atoms with Gasteiger partial charge in [-0.1, -0.05) is 0 Å². The van der Waals surface area contributed by atoms with Crippen molar-refractivity contribution in [3.63, 3.8) is 0 Å². The lowest BCUT2D eigenvalue weighted by Gasteiger charge is -2.22. The van der Waals surface area contributed by atoms with Crippen LogP contribution in [-0.2, 0) is 4.74 Å². The van der Waals surface area contributed by atoms with Crippen molar-refractivity contribution in [2.24, 2.45) is 11.8 Å². The molecule has 0 unspecified atom stereocenters. The summed E-state index contributed by atoms with van der Waals surface area (Å²) in [5, 5.41) is 11.9. The molecule has 1 aliphatic rings. The van der Waals surface area contributed by atoms with E-state index in [1.807, 2.05) is 32.5 Å². The molecule has 18 heavy (non-hydrogen) atoms. The van der Waals surface area contributed by atoms with Gasteiger partial charge in [-0.3, -0.25) is 0 Å². The fourth-order valence-corrected chi connectivity index (χ4v) is 3.02. The minimum atomic E-state index is -0.474. The summed E-state index contributed by atoms with van der Waals surface area (Å²) in [6, 6.07) is 2.36. The summed E-state index contributed by atoms with van der Waals surface area (Å²) < 4.78 is 5.19. The van der Waals surface area contributed by atoms with Crippen LogP contribution in [0.1, 0.15) is 33.6 Å². The minimum Gasteiger partial charge on any atom is -0.444 e. The second-order valence-electron chi connectivity index (χ2n) is 5.57. The first-order valence-corrected chi connectivity index (χ1v) is 7.52. The normalized spacial score (nSPS) is 24.8. The molecule has 0 bridgehead atoms. The Balaban J connectivity index is 2.41. The van der Waals surface area contributed by atoms with Crippen molar-refractivity contribution in [2.45, 2.75) is 39.2 Å². The Morgan fingerprint density at radius 1 is 1.44 bits per heavy atom. The molecular formula is C13H22N2O2S. The molecule has 4 nitrogen and oxygen atoms in total. The van der Waals surface area contributed by atoms with Gasteiger partial charge in [0, 0.05) is 6.54 Å². The molecule has 2 atom stereocenters. The molecule has 0 aromatic heterocycles. The molecule has 1 amide bonds. The van der Waals surface area contributed by atoms with Crippen LogP contribution in [0.5, 0.6) is 0 Å². The topological polar surface area (TPSA) is 62.1 Å². The van der Waals surface area contributed by atoms with E-state index in [2.05, 4.69) is 11.4 Å². The Kier molecular flexibility index (Phi) is 5.80. The van der Waals surface area contributed by atoms with Crippen LogP contribution in [0.25, 0.3) is 0 Å². The summed E-state index contributed by atoms with van der Waals surface area (Å²) in [5.74, 6) is 2.41. The molecule has 1 fully saturated rings. The van der Waals surface area contributed by atoms with E-state index in [1.165, 1.54) is 0 Å². The molecular weight excluding hydrogens is 248 g/mol. The average Bonchev–Trinajstić information content (AvgIpc) is 2.48. The van der Waals surface area contributed by atoms with E-state index in [0.717, 1.165) is 24.3 Å². The van der Waals surface area contributed by atoms with Crippen LogP contribution in [-0.4, -0.2) is 29.7 Å². The third-order valence-electron chi connectivity index (χ3n) is 2.85. The van der Waals surface area contributed by atoms with Crippen LogP contribution in [0, 0.1) is 23.2 Å². The van der Waals surface area contributed by atoms with Crippen molar-refractivity contribution in [3.05, 3.63) is 0 Å². The maximum Gasteiger partial charge on any atom is 0.407 e. The SMILES string of the molecule is CC(C)(C)OC(=O)NC[C@@H]1CCSCC[C@@H]1C#N. The number of carbonyl (C=O) groups excluding carboxylic acids is 1. The van der Waals surface area contributed by atoms with Crippen molar-refractivity contribution in [1.29, 1.82) is 5.26 Å². The quantitative estimate of drug-likeness (QED) is 0.838. The summed E-state index contributed by atoms with van der Waals surface area (Å²) in [7, 11) is 0. The number of thioether (sulfide) groups is 1. The fourth-order valence-electron chi connectivity index (χ4n) is 1.93. The van der Waals surface area contributed by atoms with Gasteiger partial charge < -0.3 is 10.1 Å². The molecule has 102 valence electrons. The number of alkyl carbamates (subject to hydrolysis) is 1. The number of nitrogens with one attached hydrogen (secondary N) is 1. The number of hydrogen-bond donors (Lipinski definition) is 1. The molecule has 0 aliphatic carbocycles.